The first kappa shape index (κ1) is 23.8. The Morgan fingerprint density at radius 3 is 2.04 bits per heavy atom. The zero-order chi connectivity index (χ0) is 20.4. The lowest BCUT2D eigenvalue weighted by molar-refractivity contribution is -0.149. The predicted octanol–water partition coefficient (Wildman–Crippen LogP) is -0.0655. The molecule has 0 heterocycles. The number of nitrogens with one attached hydrogen (secondary N) is 2. The van der Waals surface area contributed by atoms with Crippen LogP contribution in [-0.2, 0) is 14.4 Å². The molecule has 0 spiro atoms. The van der Waals surface area contributed by atoms with E-state index in [1.807, 2.05) is 20.8 Å². The Bertz CT molecular complexity index is 509. The van der Waals surface area contributed by atoms with Crippen LogP contribution in [0.15, 0.2) is 0 Å². The van der Waals surface area contributed by atoms with Crippen molar-refractivity contribution < 1.29 is 24.3 Å². The molecule has 150 valence electrons. The molecule has 2 atom stereocenters. The average Bonchev–Trinajstić information content (AvgIpc) is 2.59. The van der Waals surface area contributed by atoms with Gasteiger partial charge in [0.1, 0.15) is 12.1 Å². The monoisotopic (exact) mass is 372 g/mol. The second-order valence-corrected chi connectivity index (χ2v) is 6.62. The fraction of sp³-hybridized carbons (Fsp3) is 0.765. The SMILES string of the molecule is CCCC(=O)N(C)[C@H](CO)C(=O)N(C)[C@@H](CC(C)C)C(=O)NC(=O)NC. The zero-order valence-corrected chi connectivity index (χ0v) is 16.5. The van der Waals surface area contributed by atoms with Gasteiger partial charge in [-0.1, -0.05) is 20.8 Å². The minimum atomic E-state index is -1.08. The third-order valence-corrected chi connectivity index (χ3v) is 4.06. The molecule has 0 unspecified atom stereocenters. The first-order valence-electron chi connectivity index (χ1n) is 8.76. The smallest absolute Gasteiger partial charge is 0.321 e. The van der Waals surface area contributed by atoms with E-state index in [1.165, 1.54) is 30.9 Å². The largest absolute Gasteiger partial charge is 0.394 e. The Morgan fingerprint density at radius 1 is 1.04 bits per heavy atom. The average molecular weight is 372 g/mol. The maximum Gasteiger partial charge on any atom is 0.321 e. The van der Waals surface area contributed by atoms with Crippen LogP contribution in [0.3, 0.4) is 0 Å². The molecule has 0 bridgehead atoms. The third-order valence-electron chi connectivity index (χ3n) is 4.06. The summed E-state index contributed by atoms with van der Waals surface area (Å²) in [5, 5.41) is 14.1. The van der Waals surface area contributed by atoms with Crippen molar-refractivity contribution in [2.45, 2.75) is 52.1 Å². The minimum absolute atomic E-state index is 0.0812. The van der Waals surface area contributed by atoms with E-state index in [1.54, 1.807) is 0 Å². The van der Waals surface area contributed by atoms with Gasteiger partial charge in [-0.25, -0.2) is 4.79 Å². The fourth-order valence-corrected chi connectivity index (χ4v) is 2.46. The number of imide groups is 1. The molecule has 26 heavy (non-hydrogen) atoms. The molecule has 0 fully saturated rings. The summed E-state index contributed by atoms with van der Waals surface area (Å²) in [7, 11) is 4.26. The van der Waals surface area contributed by atoms with Crippen LogP contribution >= 0.6 is 0 Å². The molecular weight excluding hydrogens is 340 g/mol. The Hall–Kier alpha value is -2.16. The van der Waals surface area contributed by atoms with Crippen molar-refractivity contribution in [1.29, 1.82) is 0 Å². The molecule has 0 aliphatic heterocycles. The topological polar surface area (TPSA) is 119 Å². The highest BCUT2D eigenvalue weighted by atomic mass is 16.3. The van der Waals surface area contributed by atoms with E-state index in [-0.39, 0.29) is 18.2 Å². The van der Waals surface area contributed by atoms with E-state index in [4.69, 9.17) is 0 Å². The van der Waals surface area contributed by atoms with Gasteiger partial charge in [-0.05, 0) is 18.8 Å². The summed E-state index contributed by atoms with van der Waals surface area (Å²) in [5.41, 5.74) is 0. The highest BCUT2D eigenvalue weighted by Crippen LogP contribution is 2.14. The predicted molar refractivity (Wildman–Crippen MR) is 97.2 cm³/mol. The normalized spacial score (nSPS) is 12.9. The summed E-state index contributed by atoms with van der Waals surface area (Å²) >= 11 is 0. The fourth-order valence-electron chi connectivity index (χ4n) is 2.46. The van der Waals surface area contributed by atoms with Gasteiger partial charge >= 0.3 is 6.03 Å². The number of amides is 5. The zero-order valence-electron chi connectivity index (χ0n) is 16.5. The summed E-state index contributed by atoms with van der Waals surface area (Å²) in [6.07, 6.45) is 1.21. The second-order valence-electron chi connectivity index (χ2n) is 6.62. The van der Waals surface area contributed by atoms with E-state index in [0.717, 1.165) is 0 Å². The standard InChI is InChI=1S/C17H32N4O5/c1-7-8-14(23)20(5)13(10-22)16(25)21(6)12(9-11(2)3)15(24)19-17(26)18-4/h11-13,22H,7-10H2,1-6H3,(H2,18,19,24,26)/t12-,13+/m0/s1. The molecule has 0 saturated heterocycles. The van der Waals surface area contributed by atoms with Crippen LogP contribution in [0.25, 0.3) is 0 Å². The Balaban J connectivity index is 5.41. The van der Waals surface area contributed by atoms with E-state index >= 15 is 0 Å². The van der Waals surface area contributed by atoms with Crippen LogP contribution in [0.5, 0.6) is 0 Å². The van der Waals surface area contributed by atoms with Gasteiger partial charge < -0.3 is 20.2 Å². The molecule has 0 aliphatic rings. The number of hydrogen-bond acceptors (Lipinski definition) is 5. The lowest BCUT2D eigenvalue weighted by atomic mass is 10.0. The van der Waals surface area contributed by atoms with Crippen molar-refractivity contribution in [2.75, 3.05) is 27.7 Å². The number of urea groups is 1. The molecule has 3 N–H and O–H groups in total. The van der Waals surface area contributed by atoms with Gasteiger partial charge in [0.15, 0.2) is 0 Å². The molecule has 5 amide bonds. The van der Waals surface area contributed by atoms with Gasteiger partial charge in [0.25, 0.3) is 5.91 Å². The van der Waals surface area contributed by atoms with Crippen LogP contribution in [0, 0.1) is 5.92 Å². The van der Waals surface area contributed by atoms with Crippen LogP contribution in [-0.4, -0.2) is 78.5 Å². The van der Waals surface area contributed by atoms with Crippen molar-refractivity contribution in [3.63, 3.8) is 0 Å². The molecular formula is C17H32N4O5. The van der Waals surface area contributed by atoms with Crippen LogP contribution in [0.2, 0.25) is 0 Å². The number of likely N-dealkylation sites (N-methyl/N-ethyl adjacent to an activating group) is 2. The molecule has 0 aromatic heterocycles. The van der Waals surface area contributed by atoms with Crippen LogP contribution in [0.4, 0.5) is 4.79 Å². The molecule has 0 aromatic carbocycles. The number of carbonyl (C=O) groups excluding carboxylic acids is 4. The molecule has 0 aromatic rings. The van der Waals surface area contributed by atoms with Gasteiger partial charge in [0.2, 0.25) is 11.8 Å². The van der Waals surface area contributed by atoms with E-state index in [9.17, 15) is 24.3 Å². The van der Waals surface area contributed by atoms with Gasteiger partial charge in [-0.15, -0.1) is 0 Å². The van der Waals surface area contributed by atoms with Crippen molar-refractivity contribution in [1.82, 2.24) is 20.4 Å². The highest BCUT2D eigenvalue weighted by Gasteiger charge is 2.35. The van der Waals surface area contributed by atoms with Crippen molar-refractivity contribution in [2.24, 2.45) is 5.92 Å². The second kappa shape index (κ2) is 11.5. The number of hydrogen-bond donors (Lipinski definition) is 3. The lowest BCUT2D eigenvalue weighted by Gasteiger charge is -2.34. The third kappa shape index (κ3) is 6.99. The highest BCUT2D eigenvalue weighted by molar-refractivity contribution is 5.99. The summed E-state index contributed by atoms with van der Waals surface area (Å²) in [4.78, 5) is 51.1. The molecule has 0 aliphatic carbocycles. The quantitative estimate of drug-likeness (QED) is 0.524. The van der Waals surface area contributed by atoms with Crippen LogP contribution < -0.4 is 10.6 Å². The van der Waals surface area contributed by atoms with E-state index in [0.29, 0.717) is 12.8 Å². The summed E-state index contributed by atoms with van der Waals surface area (Å²) in [6, 6.07) is -2.65. The van der Waals surface area contributed by atoms with Crippen molar-refractivity contribution in [3.8, 4) is 0 Å². The Labute approximate surface area is 155 Å². The van der Waals surface area contributed by atoms with Gasteiger partial charge in [0.05, 0.1) is 6.61 Å². The molecule has 9 nitrogen and oxygen atoms in total. The Morgan fingerprint density at radius 2 is 1.62 bits per heavy atom. The van der Waals surface area contributed by atoms with E-state index < -0.39 is 36.5 Å². The van der Waals surface area contributed by atoms with Gasteiger partial charge in [-0.2, -0.15) is 0 Å². The molecule has 0 radical (unpaired) electrons. The lowest BCUT2D eigenvalue weighted by Crippen LogP contribution is -2.57. The first-order valence-corrected chi connectivity index (χ1v) is 8.76. The summed E-state index contributed by atoms with van der Waals surface area (Å²) in [6.45, 7) is 5.06. The van der Waals surface area contributed by atoms with Gasteiger partial charge in [0, 0.05) is 27.6 Å². The summed E-state index contributed by atoms with van der Waals surface area (Å²) in [5.74, 6) is -1.36. The Kier molecular flexibility index (Phi) is 10.5. The van der Waals surface area contributed by atoms with Crippen molar-refractivity contribution in [3.05, 3.63) is 0 Å². The first-order chi connectivity index (χ1) is 12.1. The van der Waals surface area contributed by atoms with E-state index in [2.05, 4.69) is 10.6 Å². The number of aliphatic hydroxyl groups is 1. The number of aliphatic hydroxyl groups excluding tert-OH is 1. The maximum atomic E-state index is 12.8. The molecule has 9 heteroatoms. The molecule has 0 saturated carbocycles. The number of carbonyl (C=O) groups is 4. The summed E-state index contributed by atoms with van der Waals surface area (Å²) < 4.78 is 0. The van der Waals surface area contributed by atoms with Gasteiger partial charge in [-0.3, -0.25) is 19.7 Å². The minimum Gasteiger partial charge on any atom is -0.394 e. The number of nitrogens with zero attached hydrogens (tertiary/aromatic N) is 2. The maximum absolute atomic E-state index is 12.8. The van der Waals surface area contributed by atoms with Crippen molar-refractivity contribution >= 4 is 23.8 Å². The number of rotatable bonds is 9. The van der Waals surface area contributed by atoms with Crippen LogP contribution in [0.1, 0.15) is 40.0 Å². The molecule has 0 rings (SSSR count).